The Morgan fingerprint density at radius 1 is 0.570 bits per heavy atom. The van der Waals surface area contributed by atoms with Gasteiger partial charge in [0, 0.05) is 26.2 Å². The second kappa shape index (κ2) is 25.9. The molecule has 0 spiro atoms. The number of carbonyl (C=O) groups is 5. The summed E-state index contributed by atoms with van der Waals surface area (Å²) in [6.07, 6.45) is -3.35. The largest absolute Gasteiger partial charge is 0.444 e. The minimum atomic E-state index is -2.81. The molecule has 79 heavy (non-hydrogen) atoms. The fourth-order valence-corrected chi connectivity index (χ4v) is 17.2. The molecule has 8 aliphatic heterocycles. The Labute approximate surface area is 491 Å². The Kier molecular flexibility index (Phi) is 21.3. The molecule has 0 aromatic heterocycles. The summed E-state index contributed by atoms with van der Waals surface area (Å²) in [6, 6.07) is 19.6. The Bertz CT molecular complexity index is 2390. The molecule has 24 heteroatoms. The van der Waals surface area contributed by atoms with Crippen LogP contribution in [0.5, 0.6) is 0 Å². The number of carbonyl (C=O) groups excluding carboxylic acids is 5. The van der Waals surface area contributed by atoms with Crippen LogP contribution in [0.1, 0.15) is 83.1 Å². The molecule has 10 rings (SSSR count). The van der Waals surface area contributed by atoms with E-state index < -0.39 is 55.6 Å². The number of Topliss-reactive ketones (excluding diaryl/α,β-unsaturated/α-hetero) is 2. The molecule has 2 N–H and O–H groups in total. The smallest absolute Gasteiger partial charge is 0.411 e. The third-order valence-corrected chi connectivity index (χ3v) is 20.9. The van der Waals surface area contributed by atoms with Crippen molar-refractivity contribution in [2.75, 3.05) is 52.6 Å². The molecule has 0 saturated carbocycles. The number of hydrogen-bond acceptors (Lipinski definition) is 15. The summed E-state index contributed by atoms with van der Waals surface area (Å²) in [7, 11) is -2.81. The van der Waals surface area contributed by atoms with E-state index in [0.29, 0.717) is 26.2 Å². The van der Waals surface area contributed by atoms with Crippen molar-refractivity contribution >= 4 is 107 Å². The zero-order chi connectivity index (χ0) is 57.4. The number of aliphatic hydroxyl groups excluding tert-OH is 1. The lowest BCUT2D eigenvalue weighted by atomic mass is 10.1. The fraction of sp³-hybridized carbons (Fsp3) is 0.691. The van der Waals surface area contributed by atoms with Crippen LogP contribution in [0.3, 0.4) is 0 Å². The van der Waals surface area contributed by atoms with Gasteiger partial charge in [0.2, 0.25) is 0 Å². The first-order valence-electron chi connectivity index (χ1n) is 26.6. The summed E-state index contributed by atoms with van der Waals surface area (Å²) in [5, 5.41) is 14.1. The van der Waals surface area contributed by atoms with Gasteiger partial charge in [-0.05, 0) is 77.7 Å². The standard InChI is InChI=1S/C27H36ClNO4Si.C11H18ClNO4.C11H16ClNO4.C6H8ClNO2.ClH/c1-26(2,3)32-25(30)29-17-21(28)24-23(29)22(18-31-24)33-34(27(4,5)6,19-13-9-7-10-14-19)20-15-11-8-12-16-20;2*1-11(2,3)17-10(15)13-4-6(12)9-8(13)7(14)5-16-9;7-3-1-8-5-4(9)2-10-6(3)5;/h7-16,21-24H,17-18H2,1-6H3;6-9,14H,4-5H2,1-3H3;6,8-9H,4-5H2,1-3H3;3,5-6,8H,1-2H2;1H/t21-,22+,23-,24-;6-,7+,8-,9-;6-,8-,9-;3-,5-,6-;/m1111./s1. The normalized spacial score (nSPS) is 31.8. The van der Waals surface area contributed by atoms with E-state index in [1.165, 1.54) is 20.2 Å². The minimum absolute atomic E-state index is 0. The summed E-state index contributed by atoms with van der Waals surface area (Å²) in [6.45, 7) is 25.7. The first-order chi connectivity index (χ1) is 36.3. The highest BCUT2D eigenvalue weighted by Crippen LogP contribution is 2.42. The summed E-state index contributed by atoms with van der Waals surface area (Å²) < 4.78 is 45.5. The van der Waals surface area contributed by atoms with Gasteiger partial charge in [-0.25, -0.2) is 14.4 Å². The van der Waals surface area contributed by atoms with Crippen LogP contribution in [0.15, 0.2) is 60.7 Å². The maximum atomic E-state index is 13.1. The van der Waals surface area contributed by atoms with Gasteiger partial charge in [-0.15, -0.1) is 58.8 Å². The van der Waals surface area contributed by atoms with Crippen LogP contribution < -0.4 is 15.7 Å². The van der Waals surface area contributed by atoms with E-state index in [1.807, 2.05) is 32.9 Å². The van der Waals surface area contributed by atoms with Crippen molar-refractivity contribution in [1.82, 2.24) is 20.0 Å². The van der Waals surface area contributed by atoms with Crippen molar-refractivity contribution in [1.29, 1.82) is 0 Å². The van der Waals surface area contributed by atoms with Crippen LogP contribution in [0.2, 0.25) is 5.04 Å². The SMILES string of the molecule is CC(C)(C)OC(=O)N1C[C@@H](Cl)[C@H]2OCC(=O)[C@H]21.CC(C)(C)OC(=O)N1C[C@@H](Cl)[C@H]2OC[C@H](O)[C@H]21.CC(C)(C)OC(=O)N1C[C@@H](Cl)[C@H]2OC[C@H](O[Si](c3ccccc3)(c3ccccc3)C(C)(C)C)[C@H]21.Cl.O=C1CO[C@@H]2[C@H](Cl)CN[C@H]12. The molecule has 0 bridgehead atoms. The quantitative estimate of drug-likeness (QED) is 0.187. The van der Waals surface area contributed by atoms with Gasteiger partial charge in [0.1, 0.15) is 48.3 Å². The topological polar surface area (TPSA) is 201 Å². The van der Waals surface area contributed by atoms with E-state index in [4.69, 9.17) is 84.0 Å². The van der Waals surface area contributed by atoms with Crippen molar-refractivity contribution in [2.45, 2.75) is 187 Å². The molecule has 2 aromatic carbocycles. The molecular formula is C55H79Cl5N4O14Si. The Morgan fingerprint density at radius 3 is 1.47 bits per heavy atom. The number of benzene rings is 2. The molecule has 0 aliphatic carbocycles. The molecule has 0 radical (unpaired) electrons. The Balaban J connectivity index is 0.000000187. The van der Waals surface area contributed by atoms with E-state index >= 15 is 0 Å². The molecule has 18 nitrogen and oxygen atoms in total. The molecular weight excluding hydrogens is 1150 g/mol. The molecule has 8 saturated heterocycles. The van der Waals surface area contributed by atoms with Crippen LogP contribution in [0.25, 0.3) is 0 Å². The average Bonchev–Trinajstić information content (AvgIpc) is 4.25. The third kappa shape index (κ3) is 15.0. The third-order valence-electron chi connectivity index (χ3n) is 14.3. The number of nitrogens with one attached hydrogen (secondary N) is 1. The number of amides is 3. The number of aliphatic hydroxyl groups is 1. The summed E-state index contributed by atoms with van der Waals surface area (Å²) >= 11 is 24.7. The minimum Gasteiger partial charge on any atom is -0.444 e. The highest BCUT2D eigenvalue weighted by molar-refractivity contribution is 6.99. The predicted molar refractivity (Wildman–Crippen MR) is 305 cm³/mol. The summed E-state index contributed by atoms with van der Waals surface area (Å²) in [4.78, 5) is 64.2. The van der Waals surface area contributed by atoms with Crippen LogP contribution in [0.4, 0.5) is 14.4 Å². The van der Waals surface area contributed by atoms with Crippen LogP contribution in [-0.2, 0) is 47.2 Å². The lowest BCUT2D eigenvalue weighted by Crippen LogP contribution is -2.69. The monoisotopic (exact) mass is 1220 g/mol. The predicted octanol–water partition coefficient (Wildman–Crippen LogP) is 6.67. The van der Waals surface area contributed by atoms with Crippen molar-refractivity contribution < 1.29 is 66.7 Å². The lowest BCUT2D eigenvalue weighted by molar-refractivity contribution is -0.121. The fourth-order valence-electron chi connectivity index (χ4n) is 11.1. The number of halogens is 5. The second-order valence-electron chi connectivity index (χ2n) is 24.7. The zero-order valence-electron chi connectivity index (χ0n) is 47.0. The number of hydrogen-bond donors (Lipinski definition) is 2. The van der Waals surface area contributed by atoms with E-state index in [-0.39, 0.29) is 126 Å². The van der Waals surface area contributed by atoms with Gasteiger partial charge in [0.05, 0.1) is 77.3 Å². The van der Waals surface area contributed by atoms with Crippen LogP contribution in [-0.4, -0.2) is 210 Å². The number of rotatable bonds is 4. The van der Waals surface area contributed by atoms with Crippen molar-refractivity contribution in [3.8, 4) is 0 Å². The number of ketones is 2. The maximum Gasteiger partial charge on any atom is 0.411 e. The van der Waals surface area contributed by atoms with E-state index in [2.05, 4.69) is 74.6 Å². The second-order valence-corrected chi connectivity index (χ2v) is 31.2. The molecule has 8 fully saturated rings. The molecule has 0 unspecified atom stereocenters. The van der Waals surface area contributed by atoms with Crippen LogP contribution in [0, 0.1) is 0 Å². The number of nitrogens with zero attached hydrogens (tertiary/aromatic N) is 3. The lowest BCUT2D eigenvalue weighted by Gasteiger charge is -2.45. The zero-order valence-corrected chi connectivity index (χ0v) is 51.9. The van der Waals surface area contributed by atoms with Gasteiger partial charge in [0.25, 0.3) is 8.32 Å². The Hall–Kier alpha value is -3.02. The molecule has 3 amide bonds. The molecule has 8 aliphatic rings. The van der Waals surface area contributed by atoms with Gasteiger partial charge in [-0.2, -0.15) is 0 Å². The van der Waals surface area contributed by atoms with Crippen molar-refractivity contribution in [3.05, 3.63) is 60.7 Å². The van der Waals surface area contributed by atoms with E-state index in [0.717, 1.165) is 0 Å². The van der Waals surface area contributed by atoms with Crippen molar-refractivity contribution in [2.24, 2.45) is 0 Å². The average molecular weight is 1230 g/mol. The summed E-state index contributed by atoms with van der Waals surface area (Å²) in [5.74, 6) is 0.0251. The number of alkyl halides is 4. The number of ether oxygens (including phenoxy) is 7. The summed E-state index contributed by atoms with van der Waals surface area (Å²) in [5.41, 5.74) is -1.73. The van der Waals surface area contributed by atoms with Crippen LogP contribution >= 0.6 is 58.8 Å². The molecule has 14 atom stereocenters. The van der Waals surface area contributed by atoms with Gasteiger partial charge in [-0.1, -0.05) is 81.4 Å². The van der Waals surface area contributed by atoms with Gasteiger partial charge in [0.15, 0.2) is 11.6 Å². The van der Waals surface area contributed by atoms with E-state index in [9.17, 15) is 29.1 Å². The highest BCUT2D eigenvalue weighted by atomic mass is 35.5. The van der Waals surface area contributed by atoms with Gasteiger partial charge < -0.3 is 48.0 Å². The number of fused-ring (bicyclic) bond motifs is 4. The number of likely N-dealkylation sites (tertiary alicyclic amines) is 3. The molecule has 442 valence electrons. The first kappa shape index (κ1) is 65.1. The van der Waals surface area contributed by atoms with E-state index in [1.54, 1.807) is 46.4 Å². The first-order valence-corrected chi connectivity index (χ1v) is 30.2. The highest BCUT2D eigenvalue weighted by Gasteiger charge is 2.59. The van der Waals surface area contributed by atoms with Gasteiger partial charge in [-0.3, -0.25) is 24.3 Å². The molecule has 2 aromatic rings. The maximum absolute atomic E-state index is 13.1. The molecule has 8 heterocycles. The van der Waals surface area contributed by atoms with Crippen molar-refractivity contribution in [3.63, 3.8) is 0 Å². The Morgan fingerprint density at radius 2 is 0.987 bits per heavy atom. The van der Waals surface area contributed by atoms with Gasteiger partial charge >= 0.3 is 18.3 Å².